The van der Waals surface area contributed by atoms with Crippen LogP contribution in [0.3, 0.4) is 0 Å². The molecule has 1 aromatic heterocycles. The second kappa shape index (κ2) is 4.80. The average Bonchev–Trinajstić information content (AvgIpc) is 3.01. The van der Waals surface area contributed by atoms with Crippen molar-refractivity contribution in [3.8, 4) is 11.5 Å². The van der Waals surface area contributed by atoms with E-state index in [1.165, 1.54) is 0 Å². The van der Waals surface area contributed by atoms with Crippen molar-refractivity contribution in [1.29, 1.82) is 0 Å². The average molecular weight is 286 g/mol. The van der Waals surface area contributed by atoms with E-state index in [9.17, 15) is 4.79 Å². The summed E-state index contributed by atoms with van der Waals surface area (Å²) in [4.78, 5) is 14.5. The lowest BCUT2D eigenvalue weighted by Crippen LogP contribution is -2.36. The Labute approximate surface area is 121 Å². The van der Waals surface area contributed by atoms with Gasteiger partial charge in [0.05, 0.1) is 17.8 Å². The molecule has 0 spiro atoms. The molecular formula is C15H14N2O4. The molecule has 2 aliphatic heterocycles. The summed E-state index contributed by atoms with van der Waals surface area (Å²) in [6, 6.07) is 5.41. The van der Waals surface area contributed by atoms with Gasteiger partial charge in [0.2, 0.25) is 0 Å². The summed E-state index contributed by atoms with van der Waals surface area (Å²) in [6.45, 7) is 2.12. The molecule has 2 aromatic rings. The summed E-state index contributed by atoms with van der Waals surface area (Å²) in [6.07, 6.45) is 2.32. The van der Waals surface area contributed by atoms with Crippen LogP contribution < -0.4 is 9.47 Å². The predicted molar refractivity (Wildman–Crippen MR) is 72.4 cm³/mol. The Morgan fingerprint density at radius 2 is 2.14 bits per heavy atom. The lowest BCUT2D eigenvalue weighted by atomic mass is 10.1. The zero-order valence-corrected chi connectivity index (χ0v) is 11.4. The molecule has 4 rings (SSSR count). The molecule has 0 aliphatic carbocycles. The van der Waals surface area contributed by atoms with E-state index >= 15 is 0 Å². The molecule has 0 fully saturated rings. The van der Waals surface area contributed by atoms with E-state index in [1.807, 2.05) is 12.1 Å². The molecule has 0 unspecified atom stereocenters. The van der Waals surface area contributed by atoms with Crippen molar-refractivity contribution in [1.82, 2.24) is 10.1 Å². The summed E-state index contributed by atoms with van der Waals surface area (Å²) >= 11 is 0. The number of rotatable bonds is 1. The Bertz CT molecular complexity index is 695. The number of hydrogen-bond acceptors (Lipinski definition) is 5. The second-order valence-electron chi connectivity index (χ2n) is 5.09. The van der Waals surface area contributed by atoms with Gasteiger partial charge >= 0.3 is 0 Å². The number of carbonyl (C=O) groups is 1. The van der Waals surface area contributed by atoms with Crippen molar-refractivity contribution in [3.05, 3.63) is 41.3 Å². The molecule has 0 atom stereocenters. The van der Waals surface area contributed by atoms with Crippen molar-refractivity contribution in [3.63, 3.8) is 0 Å². The molecule has 0 saturated heterocycles. The van der Waals surface area contributed by atoms with Crippen LogP contribution in [0.25, 0.3) is 0 Å². The number of benzene rings is 1. The van der Waals surface area contributed by atoms with Gasteiger partial charge in [-0.3, -0.25) is 4.79 Å². The van der Waals surface area contributed by atoms with Gasteiger partial charge in [0, 0.05) is 18.5 Å². The normalized spacial score (nSPS) is 16.5. The number of fused-ring (bicyclic) bond motifs is 2. The number of aromatic nitrogens is 1. The van der Waals surface area contributed by atoms with Gasteiger partial charge in [-0.15, -0.1) is 0 Å². The first-order valence-corrected chi connectivity index (χ1v) is 6.93. The maximum atomic E-state index is 12.7. The number of hydrogen-bond donors (Lipinski definition) is 0. The second-order valence-corrected chi connectivity index (χ2v) is 5.09. The van der Waals surface area contributed by atoms with Crippen LogP contribution in [0.5, 0.6) is 11.5 Å². The Balaban J connectivity index is 1.64. The summed E-state index contributed by atoms with van der Waals surface area (Å²) in [5, 5.41) is 3.94. The van der Waals surface area contributed by atoms with Crippen LogP contribution in [0, 0.1) is 0 Å². The summed E-state index contributed by atoms with van der Waals surface area (Å²) in [5.74, 6) is 1.13. The number of nitrogens with zero attached hydrogens (tertiary/aromatic N) is 2. The first-order valence-electron chi connectivity index (χ1n) is 6.93. The minimum Gasteiger partial charge on any atom is -0.486 e. The molecule has 0 bridgehead atoms. The molecule has 21 heavy (non-hydrogen) atoms. The number of amides is 1. The molecule has 1 aromatic carbocycles. The number of ether oxygens (including phenoxy) is 2. The highest BCUT2D eigenvalue weighted by atomic mass is 16.6. The summed E-state index contributed by atoms with van der Waals surface area (Å²) in [7, 11) is 0. The zero-order chi connectivity index (χ0) is 14.2. The summed E-state index contributed by atoms with van der Waals surface area (Å²) < 4.78 is 16.1. The lowest BCUT2D eigenvalue weighted by Gasteiger charge is -2.28. The fraction of sp³-hybridized carbons (Fsp3) is 0.333. The van der Waals surface area contributed by atoms with E-state index in [1.54, 1.807) is 17.2 Å². The maximum Gasteiger partial charge on any atom is 0.258 e. The van der Waals surface area contributed by atoms with Gasteiger partial charge in [0.1, 0.15) is 19.5 Å². The van der Waals surface area contributed by atoms with Gasteiger partial charge in [0.15, 0.2) is 11.5 Å². The van der Waals surface area contributed by atoms with Crippen LogP contribution in [0.2, 0.25) is 0 Å². The van der Waals surface area contributed by atoms with Crippen LogP contribution in [0.15, 0.2) is 29.0 Å². The minimum atomic E-state index is -0.0517. The highest BCUT2D eigenvalue weighted by Crippen LogP contribution is 2.34. The van der Waals surface area contributed by atoms with E-state index in [-0.39, 0.29) is 5.91 Å². The highest BCUT2D eigenvalue weighted by Gasteiger charge is 2.28. The first kappa shape index (κ1) is 12.3. The van der Waals surface area contributed by atoms with E-state index in [2.05, 4.69) is 5.16 Å². The number of para-hydroxylation sites is 1. The SMILES string of the molecule is O=C(c1cccc2c1OCCO2)N1CCc2nocc2C1. The molecule has 0 N–H and O–H groups in total. The minimum absolute atomic E-state index is 0.0517. The fourth-order valence-electron chi connectivity index (χ4n) is 2.73. The molecule has 2 aliphatic rings. The third-order valence-corrected chi connectivity index (χ3v) is 3.79. The highest BCUT2D eigenvalue weighted by molar-refractivity contribution is 5.98. The van der Waals surface area contributed by atoms with Crippen LogP contribution in [0.1, 0.15) is 21.6 Å². The van der Waals surface area contributed by atoms with Crippen molar-refractivity contribution in [2.45, 2.75) is 13.0 Å². The monoisotopic (exact) mass is 286 g/mol. The van der Waals surface area contributed by atoms with Crippen molar-refractivity contribution in [2.75, 3.05) is 19.8 Å². The predicted octanol–water partition coefficient (Wildman–Crippen LogP) is 1.64. The zero-order valence-electron chi connectivity index (χ0n) is 11.4. The van der Waals surface area contributed by atoms with Crippen LogP contribution >= 0.6 is 0 Å². The van der Waals surface area contributed by atoms with Crippen molar-refractivity contribution >= 4 is 5.91 Å². The van der Waals surface area contributed by atoms with Gasteiger partial charge in [0.25, 0.3) is 5.91 Å². The molecule has 108 valence electrons. The maximum absolute atomic E-state index is 12.7. The van der Waals surface area contributed by atoms with Crippen molar-refractivity contribution < 1.29 is 18.8 Å². The van der Waals surface area contributed by atoms with E-state index in [0.29, 0.717) is 49.8 Å². The van der Waals surface area contributed by atoms with Gasteiger partial charge in [-0.25, -0.2) is 0 Å². The molecule has 3 heterocycles. The van der Waals surface area contributed by atoms with Crippen LogP contribution in [-0.4, -0.2) is 35.7 Å². The van der Waals surface area contributed by atoms with Gasteiger partial charge in [-0.05, 0) is 12.1 Å². The molecule has 6 heteroatoms. The third kappa shape index (κ3) is 2.03. The van der Waals surface area contributed by atoms with Crippen LogP contribution in [-0.2, 0) is 13.0 Å². The van der Waals surface area contributed by atoms with Crippen molar-refractivity contribution in [2.24, 2.45) is 0 Å². The summed E-state index contributed by atoms with van der Waals surface area (Å²) in [5.41, 5.74) is 2.46. The smallest absolute Gasteiger partial charge is 0.258 e. The topological polar surface area (TPSA) is 64.8 Å². The van der Waals surface area contributed by atoms with E-state index in [0.717, 1.165) is 11.3 Å². The van der Waals surface area contributed by atoms with Crippen LogP contribution in [0.4, 0.5) is 0 Å². The Morgan fingerprint density at radius 3 is 3.10 bits per heavy atom. The van der Waals surface area contributed by atoms with Gasteiger partial charge in [-0.2, -0.15) is 0 Å². The third-order valence-electron chi connectivity index (χ3n) is 3.79. The Kier molecular flexibility index (Phi) is 2.80. The molecule has 1 amide bonds. The largest absolute Gasteiger partial charge is 0.486 e. The first-order chi connectivity index (χ1) is 10.3. The molecule has 0 radical (unpaired) electrons. The molecule has 6 nitrogen and oxygen atoms in total. The van der Waals surface area contributed by atoms with E-state index < -0.39 is 0 Å². The molecule has 0 saturated carbocycles. The van der Waals surface area contributed by atoms with Gasteiger partial charge < -0.3 is 18.9 Å². The Hall–Kier alpha value is -2.50. The molecular weight excluding hydrogens is 272 g/mol. The quantitative estimate of drug-likeness (QED) is 0.797. The fourth-order valence-corrected chi connectivity index (χ4v) is 2.73. The standard InChI is InChI=1S/C15H14N2O4/c18-15(17-5-4-12-10(8-17)9-21-16-12)11-2-1-3-13-14(11)20-7-6-19-13/h1-3,9H,4-8H2. The Morgan fingerprint density at radius 1 is 1.24 bits per heavy atom. The van der Waals surface area contributed by atoms with E-state index in [4.69, 9.17) is 14.0 Å². The van der Waals surface area contributed by atoms with Gasteiger partial charge in [-0.1, -0.05) is 11.2 Å². The lowest BCUT2D eigenvalue weighted by molar-refractivity contribution is 0.0724. The number of carbonyl (C=O) groups excluding carboxylic acids is 1.